The molecule has 0 aliphatic rings. The van der Waals surface area contributed by atoms with Gasteiger partial charge in [-0.2, -0.15) is 0 Å². The first-order valence-electron chi connectivity index (χ1n) is 19.6. The van der Waals surface area contributed by atoms with Crippen LogP contribution >= 0.6 is 0 Å². The van der Waals surface area contributed by atoms with Crippen LogP contribution in [0.1, 0.15) is 191 Å². The standard InChI is InChI=1S/3C8H16O2.C5H8O2.5C2H5.2Al.ClH.Nd/c3*1-2-3-4-5-6-7-8(9)10;1-4(6)3-5(2)7;5*1-2;;;;/h3*2-7H2,1H3,(H,9,10);3H2,1-2H3;5*1H2,2H3;;;1H;/q;;;;;;;;;;+1;;+3/p-4. The van der Waals surface area contributed by atoms with Gasteiger partial charge in [0.25, 0.3) is 14.1 Å². The smallest absolute Gasteiger partial charge is 1.00 e. The van der Waals surface area contributed by atoms with E-state index in [9.17, 15) is 39.3 Å². The number of Topliss-reactive ketones (excluding diaryl/α,β-unsaturated/α-hetero) is 2. The third-order valence-electron chi connectivity index (χ3n) is 7.26. The number of carboxylic acids is 3. The van der Waals surface area contributed by atoms with Gasteiger partial charge in [0.2, 0.25) is 0 Å². The number of carboxylic acid groups (broad SMARTS) is 3. The predicted octanol–water partition coefficient (Wildman–Crippen LogP) is 4.96. The quantitative estimate of drug-likeness (QED) is 0.0709. The molecule has 51 heavy (non-hydrogen) atoms. The normalized spacial score (nSPS) is 8.75. The van der Waals surface area contributed by atoms with E-state index >= 15 is 0 Å². The van der Waals surface area contributed by atoms with Crippen LogP contribution in [-0.4, -0.2) is 58.8 Å². The molecule has 0 amide bonds. The molecule has 0 atom stereocenters. The minimum absolute atomic E-state index is 0. The van der Waals surface area contributed by atoms with Crippen LogP contribution in [0.3, 0.4) is 0 Å². The number of ketones is 2. The molecule has 0 aromatic rings. The Kier molecular flexibility index (Phi) is 88.9. The summed E-state index contributed by atoms with van der Waals surface area (Å²) in [5.41, 5.74) is 0. The van der Waals surface area contributed by atoms with Crippen LogP contribution in [0.25, 0.3) is 0 Å². The van der Waals surface area contributed by atoms with Crippen LogP contribution in [-0.2, 0) is 24.0 Å². The first kappa shape index (κ1) is 69.4. The van der Waals surface area contributed by atoms with Crippen LogP contribution in [0.5, 0.6) is 0 Å². The van der Waals surface area contributed by atoms with E-state index in [0.29, 0.717) is 0 Å². The summed E-state index contributed by atoms with van der Waals surface area (Å²) in [7, 11) is 0. The summed E-state index contributed by atoms with van der Waals surface area (Å²) >= 11 is 0.644. The number of halogens is 1. The van der Waals surface area contributed by atoms with Crippen molar-refractivity contribution < 1.29 is 92.5 Å². The van der Waals surface area contributed by atoms with Crippen LogP contribution in [0.4, 0.5) is 0 Å². The number of carbonyl (C=O) groups excluding carboxylic acids is 5. The van der Waals surface area contributed by atoms with E-state index in [-0.39, 0.29) is 105 Å². The second-order valence-corrected chi connectivity index (χ2v) is 18.8. The molecule has 0 unspecified atom stereocenters. The molecular weight excluding hydrogens is 830 g/mol. The molecular formula is C39H78Al2ClNdO8. The van der Waals surface area contributed by atoms with Gasteiger partial charge < -0.3 is 42.1 Å². The maximum Gasteiger partial charge on any atom is 3.00 e. The van der Waals surface area contributed by atoms with E-state index in [2.05, 4.69) is 55.4 Å². The topological polar surface area (TPSA) is 155 Å². The fraction of sp³-hybridized carbons (Fsp3) is 0.872. The summed E-state index contributed by atoms with van der Waals surface area (Å²) in [6.07, 6.45) is 16.9. The van der Waals surface area contributed by atoms with Gasteiger partial charge >= 0.3 is 80.5 Å². The van der Waals surface area contributed by atoms with Gasteiger partial charge in [-0.15, -0.1) is 0 Å². The number of hydrogen-bond acceptors (Lipinski definition) is 8. The van der Waals surface area contributed by atoms with E-state index in [0.717, 1.165) is 73.0 Å². The Morgan fingerprint density at radius 1 is 0.451 bits per heavy atom. The number of rotatable bonds is 25. The van der Waals surface area contributed by atoms with Gasteiger partial charge in [0.1, 0.15) is 11.6 Å². The fourth-order valence-corrected chi connectivity index (χ4v) is 6.43. The van der Waals surface area contributed by atoms with Crippen molar-refractivity contribution in [1.29, 1.82) is 0 Å². The summed E-state index contributed by atoms with van der Waals surface area (Å²) in [4.78, 5) is 49.8. The molecule has 1 radical (unpaired) electrons. The summed E-state index contributed by atoms with van der Waals surface area (Å²) < 4.78 is 0. The number of hydrogen-bond donors (Lipinski definition) is 0. The Morgan fingerprint density at radius 3 is 0.784 bits per heavy atom. The van der Waals surface area contributed by atoms with Gasteiger partial charge in [0.15, 0.2) is 0 Å². The van der Waals surface area contributed by atoms with Crippen molar-refractivity contribution in [3.05, 3.63) is 0 Å². The molecule has 0 aromatic carbocycles. The molecule has 0 aromatic heterocycles. The molecule has 0 saturated carbocycles. The zero-order chi connectivity index (χ0) is 39.1. The van der Waals surface area contributed by atoms with Crippen LogP contribution < -0.4 is 27.7 Å². The molecule has 0 fully saturated rings. The monoisotopic (exact) mass is 905 g/mol. The molecule has 0 aliphatic carbocycles. The second kappa shape index (κ2) is 65.4. The third-order valence-corrected chi connectivity index (χ3v) is 11.9. The van der Waals surface area contributed by atoms with E-state index < -0.39 is 17.9 Å². The fourth-order valence-electron chi connectivity index (χ4n) is 4.12. The van der Waals surface area contributed by atoms with Gasteiger partial charge in [-0.05, 0) is 52.4 Å². The Bertz CT molecular complexity index is 636. The maximum atomic E-state index is 10.0. The molecule has 0 aliphatic heterocycles. The SMILES string of the molecule is CC(=O)CC(C)=O.CCCCCCCC(=O)[O-].CCCCCCCC(=O)[O-].CCCCCCCC(=O)[O-].C[CH2][Al+][CH2]C.C[CH2][Al]([CH2]C)[CH2]C.[Cl-].[Nd+3]. The minimum Gasteiger partial charge on any atom is -1.00 e. The molecule has 0 rings (SSSR count). The Hall–Kier alpha value is 0.456. The predicted molar refractivity (Wildman–Crippen MR) is 205 cm³/mol. The van der Waals surface area contributed by atoms with E-state index in [1.165, 1.54) is 78.8 Å². The maximum absolute atomic E-state index is 10.0. The molecule has 8 nitrogen and oxygen atoms in total. The molecule has 299 valence electrons. The minimum atomic E-state index is -0.920. The summed E-state index contributed by atoms with van der Waals surface area (Å²) in [5, 5.41) is 37.1. The largest absolute Gasteiger partial charge is 3.00 e. The first-order valence-corrected chi connectivity index (χ1v) is 23.7. The van der Waals surface area contributed by atoms with Crippen molar-refractivity contribution in [3.8, 4) is 0 Å². The van der Waals surface area contributed by atoms with Crippen molar-refractivity contribution in [2.24, 2.45) is 0 Å². The molecule has 0 saturated heterocycles. The Labute approximate surface area is 365 Å². The number of aliphatic carboxylic acids is 3. The van der Waals surface area contributed by atoms with Crippen LogP contribution in [0.15, 0.2) is 0 Å². The Balaban J connectivity index is -0.0000000730. The molecule has 0 heterocycles. The van der Waals surface area contributed by atoms with Crippen molar-refractivity contribution in [1.82, 2.24) is 0 Å². The van der Waals surface area contributed by atoms with Crippen molar-refractivity contribution in [2.75, 3.05) is 0 Å². The van der Waals surface area contributed by atoms with Gasteiger partial charge in [0, 0.05) is 17.9 Å². The van der Waals surface area contributed by atoms with Crippen molar-refractivity contribution >= 4 is 58.8 Å². The molecule has 12 heteroatoms. The molecule has 0 N–H and O–H groups in total. The van der Waals surface area contributed by atoms with Crippen LogP contribution in [0, 0.1) is 40.8 Å². The zero-order valence-corrected chi connectivity index (χ0v) is 41.0. The van der Waals surface area contributed by atoms with Crippen LogP contribution in [0.2, 0.25) is 26.4 Å². The van der Waals surface area contributed by atoms with Gasteiger partial charge in [-0.3, -0.25) is 9.59 Å². The van der Waals surface area contributed by atoms with Gasteiger partial charge in [-0.25, -0.2) is 0 Å². The van der Waals surface area contributed by atoms with E-state index in [4.69, 9.17) is 0 Å². The van der Waals surface area contributed by atoms with E-state index in [1.807, 2.05) is 0 Å². The number of unbranched alkanes of at least 4 members (excludes halogenated alkanes) is 12. The number of carbonyl (C=O) groups is 5. The zero-order valence-electron chi connectivity index (χ0n) is 34.8. The van der Waals surface area contributed by atoms with Gasteiger partial charge in [-0.1, -0.05) is 134 Å². The van der Waals surface area contributed by atoms with Crippen molar-refractivity contribution in [2.45, 2.75) is 218 Å². The van der Waals surface area contributed by atoms with Gasteiger partial charge in [0.05, 0.1) is 6.42 Å². The third kappa shape index (κ3) is 106. The second-order valence-electron chi connectivity index (χ2n) is 12.4. The molecule has 0 bridgehead atoms. The molecule has 0 spiro atoms. The summed E-state index contributed by atoms with van der Waals surface area (Å²) in [6.45, 7) is 20.7. The summed E-state index contributed by atoms with van der Waals surface area (Å²) in [5.74, 6) is -2.88. The average molecular weight is 909 g/mol. The van der Waals surface area contributed by atoms with Crippen molar-refractivity contribution in [3.63, 3.8) is 0 Å². The average Bonchev–Trinajstić information content (AvgIpc) is 3.02. The Morgan fingerprint density at radius 2 is 0.686 bits per heavy atom. The first-order chi connectivity index (χ1) is 23.2. The van der Waals surface area contributed by atoms with E-state index in [1.54, 1.807) is 0 Å². The summed E-state index contributed by atoms with van der Waals surface area (Å²) in [6, 6.07) is 0.